The van der Waals surface area contributed by atoms with Crippen LogP contribution in [-0.2, 0) is 24.3 Å². The molecule has 4 aromatic rings. The first-order valence-corrected chi connectivity index (χ1v) is 12.1. The van der Waals surface area contributed by atoms with Gasteiger partial charge >= 0.3 is 0 Å². The molecule has 1 amide bonds. The molecule has 2 aromatic heterocycles. The smallest absolute Gasteiger partial charge is 0.222 e. The number of thioether (sulfide) groups is 1. The second-order valence-electron chi connectivity index (χ2n) is 7.77. The summed E-state index contributed by atoms with van der Waals surface area (Å²) in [6.45, 7) is 2.74. The molecule has 176 valence electrons. The van der Waals surface area contributed by atoms with E-state index in [0.717, 1.165) is 34.5 Å². The van der Waals surface area contributed by atoms with Crippen LogP contribution in [0.2, 0.25) is 0 Å². The van der Waals surface area contributed by atoms with Crippen molar-refractivity contribution in [2.75, 3.05) is 12.9 Å². The molecule has 9 heteroatoms. The molecule has 0 radical (unpaired) electrons. The van der Waals surface area contributed by atoms with E-state index in [2.05, 4.69) is 32.7 Å². The highest BCUT2D eigenvalue weighted by molar-refractivity contribution is 7.99. The largest absolute Gasteiger partial charge is 0.497 e. The van der Waals surface area contributed by atoms with E-state index in [4.69, 9.17) is 4.74 Å². The molecule has 8 nitrogen and oxygen atoms in total. The number of nitrogens with one attached hydrogen (secondary N) is 1. The van der Waals surface area contributed by atoms with Crippen molar-refractivity contribution in [1.82, 2.24) is 29.9 Å². The maximum atomic E-state index is 12.4. The minimum Gasteiger partial charge on any atom is -0.497 e. The van der Waals surface area contributed by atoms with E-state index < -0.39 is 0 Å². The first kappa shape index (κ1) is 23.6. The molecule has 0 saturated heterocycles. The summed E-state index contributed by atoms with van der Waals surface area (Å²) in [6.07, 6.45) is 3.14. The second-order valence-corrected chi connectivity index (χ2v) is 8.83. The summed E-state index contributed by atoms with van der Waals surface area (Å²) in [6, 6.07) is 20.0. The Kier molecular flexibility index (Phi) is 7.98. The Morgan fingerprint density at radius 2 is 1.94 bits per heavy atom. The molecule has 34 heavy (non-hydrogen) atoms. The van der Waals surface area contributed by atoms with E-state index in [1.165, 1.54) is 5.56 Å². The van der Waals surface area contributed by atoms with Gasteiger partial charge in [0.1, 0.15) is 5.75 Å². The SMILES string of the molecule is COc1cccc(-n2c(CNC(=O)CCn3ccc(C)n3)nnc2SCCc2ccccc2)c1. The zero-order valence-electron chi connectivity index (χ0n) is 19.3. The third kappa shape index (κ3) is 6.26. The minimum atomic E-state index is -0.0633. The van der Waals surface area contributed by atoms with Crippen LogP contribution in [0.5, 0.6) is 5.75 Å². The molecule has 0 saturated carbocycles. The summed E-state index contributed by atoms with van der Waals surface area (Å²) in [4.78, 5) is 12.4. The van der Waals surface area contributed by atoms with E-state index in [1.807, 2.05) is 66.2 Å². The van der Waals surface area contributed by atoms with E-state index in [0.29, 0.717) is 18.8 Å². The summed E-state index contributed by atoms with van der Waals surface area (Å²) >= 11 is 1.64. The van der Waals surface area contributed by atoms with Gasteiger partial charge in [-0.05, 0) is 37.1 Å². The number of carbonyl (C=O) groups is 1. The minimum absolute atomic E-state index is 0.0633. The lowest BCUT2D eigenvalue weighted by molar-refractivity contribution is -0.121. The molecule has 0 bridgehead atoms. The van der Waals surface area contributed by atoms with E-state index in [1.54, 1.807) is 23.6 Å². The van der Waals surface area contributed by atoms with Gasteiger partial charge in [-0.25, -0.2) is 0 Å². The van der Waals surface area contributed by atoms with Crippen molar-refractivity contribution >= 4 is 17.7 Å². The van der Waals surface area contributed by atoms with E-state index in [-0.39, 0.29) is 12.5 Å². The number of methoxy groups -OCH3 is 1. The van der Waals surface area contributed by atoms with Crippen LogP contribution in [0, 0.1) is 6.92 Å². The highest BCUT2D eigenvalue weighted by Gasteiger charge is 2.16. The van der Waals surface area contributed by atoms with Crippen molar-refractivity contribution in [3.8, 4) is 11.4 Å². The molecule has 0 aliphatic heterocycles. The van der Waals surface area contributed by atoms with Gasteiger partial charge in [-0.15, -0.1) is 10.2 Å². The molecular formula is C25H28N6O2S. The third-order valence-corrected chi connectivity index (χ3v) is 6.19. The zero-order chi connectivity index (χ0) is 23.8. The standard InChI is InChI=1S/C25H28N6O2S/c1-19-11-14-30(29-19)15-12-24(32)26-18-23-27-28-25(34-16-13-20-7-4-3-5-8-20)31(23)21-9-6-10-22(17-21)33-2/h3-11,14,17H,12-13,15-16,18H2,1-2H3,(H,26,32). The third-order valence-electron chi connectivity index (χ3n) is 5.26. The van der Waals surface area contributed by atoms with E-state index >= 15 is 0 Å². The van der Waals surface area contributed by atoms with Crippen molar-refractivity contribution in [2.24, 2.45) is 0 Å². The van der Waals surface area contributed by atoms with Crippen molar-refractivity contribution < 1.29 is 9.53 Å². The summed E-state index contributed by atoms with van der Waals surface area (Å²) < 4.78 is 9.16. The molecule has 0 aliphatic carbocycles. The lowest BCUT2D eigenvalue weighted by Crippen LogP contribution is -2.25. The van der Waals surface area contributed by atoms with Crippen molar-refractivity contribution in [3.63, 3.8) is 0 Å². The lowest BCUT2D eigenvalue weighted by atomic mass is 10.2. The van der Waals surface area contributed by atoms with Gasteiger partial charge in [0.2, 0.25) is 5.91 Å². The van der Waals surface area contributed by atoms with Crippen molar-refractivity contribution in [2.45, 2.75) is 38.0 Å². The Morgan fingerprint density at radius 1 is 1.09 bits per heavy atom. The van der Waals surface area contributed by atoms with Gasteiger partial charge in [-0.3, -0.25) is 14.0 Å². The number of ether oxygens (including phenoxy) is 1. The maximum absolute atomic E-state index is 12.4. The number of hydrogen-bond acceptors (Lipinski definition) is 6. The van der Waals surface area contributed by atoms with Crippen molar-refractivity contribution in [1.29, 1.82) is 0 Å². The Balaban J connectivity index is 1.45. The monoisotopic (exact) mass is 476 g/mol. The normalized spacial score (nSPS) is 10.9. The van der Waals surface area contributed by atoms with Gasteiger partial charge in [0, 0.05) is 31.0 Å². The number of amides is 1. The van der Waals surface area contributed by atoms with Crippen LogP contribution in [0.3, 0.4) is 0 Å². The lowest BCUT2D eigenvalue weighted by Gasteiger charge is -2.12. The fraction of sp³-hybridized carbons (Fsp3) is 0.280. The summed E-state index contributed by atoms with van der Waals surface area (Å²) in [5.74, 6) is 2.21. The summed E-state index contributed by atoms with van der Waals surface area (Å²) in [7, 11) is 1.64. The van der Waals surface area contributed by atoms with Gasteiger partial charge in [0.05, 0.1) is 25.0 Å². The van der Waals surface area contributed by atoms with Crippen molar-refractivity contribution in [3.05, 3.63) is 83.9 Å². The molecule has 0 aliphatic rings. The Bertz CT molecular complexity index is 1220. The van der Waals surface area contributed by atoms with Gasteiger partial charge < -0.3 is 10.1 Å². The second kappa shape index (κ2) is 11.5. The highest BCUT2D eigenvalue weighted by atomic mass is 32.2. The maximum Gasteiger partial charge on any atom is 0.222 e. The quantitative estimate of drug-likeness (QED) is 0.331. The molecular weight excluding hydrogens is 448 g/mol. The molecule has 0 spiro atoms. The molecule has 2 heterocycles. The zero-order valence-corrected chi connectivity index (χ0v) is 20.2. The number of aryl methyl sites for hydroxylation is 3. The van der Waals surface area contributed by atoms with E-state index in [9.17, 15) is 4.79 Å². The molecule has 4 rings (SSSR count). The van der Waals surface area contributed by atoms with Gasteiger partial charge in [-0.1, -0.05) is 48.2 Å². The molecule has 2 aromatic carbocycles. The van der Waals surface area contributed by atoms with Crippen LogP contribution >= 0.6 is 11.8 Å². The number of rotatable bonds is 11. The predicted octanol–water partition coefficient (Wildman–Crippen LogP) is 3.82. The first-order valence-electron chi connectivity index (χ1n) is 11.1. The first-order chi connectivity index (χ1) is 16.6. The van der Waals surface area contributed by atoms with Crippen LogP contribution in [-0.4, -0.2) is 43.3 Å². The molecule has 1 N–H and O–H groups in total. The molecule has 0 fully saturated rings. The number of benzene rings is 2. The number of hydrogen-bond donors (Lipinski definition) is 1. The Labute approximate surface area is 203 Å². The Morgan fingerprint density at radius 3 is 2.71 bits per heavy atom. The topological polar surface area (TPSA) is 86.9 Å². The fourth-order valence-corrected chi connectivity index (χ4v) is 4.45. The van der Waals surface area contributed by atoms with Crippen LogP contribution in [0.15, 0.2) is 72.0 Å². The Hall–Kier alpha value is -3.59. The van der Waals surface area contributed by atoms with Crippen LogP contribution in [0.4, 0.5) is 0 Å². The average Bonchev–Trinajstić information content (AvgIpc) is 3.47. The van der Waals surface area contributed by atoms with Crippen LogP contribution in [0.25, 0.3) is 5.69 Å². The predicted molar refractivity (Wildman–Crippen MR) is 132 cm³/mol. The van der Waals surface area contributed by atoms with Gasteiger partial charge in [0.15, 0.2) is 11.0 Å². The number of aromatic nitrogens is 5. The molecule has 0 unspecified atom stereocenters. The van der Waals surface area contributed by atoms with Gasteiger partial charge in [0.25, 0.3) is 0 Å². The van der Waals surface area contributed by atoms with Gasteiger partial charge in [-0.2, -0.15) is 5.10 Å². The number of carbonyl (C=O) groups excluding carboxylic acids is 1. The number of nitrogens with zero attached hydrogens (tertiary/aromatic N) is 5. The highest BCUT2D eigenvalue weighted by Crippen LogP contribution is 2.25. The summed E-state index contributed by atoms with van der Waals surface area (Å²) in [5.41, 5.74) is 3.11. The van der Waals surface area contributed by atoms with Crippen LogP contribution < -0.4 is 10.1 Å². The molecule has 0 atom stereocenters. The average molecular weight is 477 g/mol. The van der Waals surface area contributed by atoms with Crippen LogP contribution in [0.1, 0.15) is 23.5 Å². The summed E-state index contributed by atoms with van der Waals surface area (Å²) in [5, 5.41) is 16.9. The fourth-order valence-electron chi connectivity index (χ4n) is 3.49.